The highest BCUT2D eigenvalue weighted by molar-refractivity contribution is 8.16. The second-order valence-electron chi connectivity index (χ2n) is 10.5. The number of methoxy groups -OCH3 is 2. The molecule has 1 saturated heterocycles. The molecule has 2 atom stereocenters. The number of likely N-dealkylation sites (tertiary alicyclic amines) is 1. The molecule has 0 aromatic heterocycles. The summed E-state index contributed by atoms with van der Waals surface area (Å²) in [6, 6.07) is 14.2. The van der Waals surface area contributed by atoms with Gasteiger partial charge in [0, 0.05) is 29.9 Å². The summed E-state index contributed by atoms with van der Waals surface area (Å²) >= 11 is 1.39. The van der Waals surface area contributed by atoms with Gasteiger partial charge in [-0.15, -0.1) is 0 Å². The van der Waals surface area contributed by atoms with E-state index in [2.05, 4.69) is 0 Å². The molecule has 0 unspecified atom stereocenters. The Morgan fingerprint density at radius 3 is 2.48 bits per heavy atom. The van der Waals surface area contributed by atoms with Crippen LogP contribution in [0, 0.1) is 5.92 Å². The maximum absolute atomic E-state index is 13.8. The molecule has 1 amide bonds. The van der Waals surface area contributed by atoms with Crippen molar-refractivity contribution in [3.05, 3.63) is 76.3 Å². The Hall–Kier alpha value is -4.25. The number of esters is 2. The molecule has 232 valence electrons. The van der Waals surface area contributed by atoms with Gasteiger partial charge in [-0.2, -0.15) is 0 Å². The number of carbonyl (C=O) groups excluding carboxylic acids is 3. The second kappa shape index (κ2) is 14.0. The monoisotopic (exact) mass is 619 g/mol. The quantitative estimate of drug-likeness (QED) is 0.333. The number of hydrogen-bond donors (Lipinski definition) is 0. The smallest absolute Gasteiger partial charge is 0.338 e. The van der Waals surface area contributed by atoms with Gasteiger partial charge >= 0.3 is 11.9 Å². The van der Waals surface area contributed by atoms with Crippen molar-refractivity contribution in [2.24, 2.45) is 10.9 Å². The minimum Gasteiger partial charge on any atom is -0.497 e. The molecular formula is C33H37N3O7S. The van der Waals surface area contributed by atoms with Gasteiger partial charge < -0.3 is 28.7 Å². The molecule has 11 heteroatoms. The summed E-state index contributed by atoms with van der Waals surface area (Å²) in [5, 5.41) is 2.53. The predicted octanol–water partition coefficient (Wildman–Crippen LogP) is 5.17. The van der Waals surface area contributed by atoms with Crippen LogP contribution in [0.4, 0.5) is 0 Å². The average Bonchev–Trinajstić information content (AvgIpc) is 3.46. The van der Waals surface area contributed by atoms with Gasteiger partial charge in [-0.05, 0) is 50.3 Å². The van der Waals surface area contributed by atoms with Crippen LogP contribution in [0.25, 0.3) is 5.70 Å². The van der Waals surface area contributed by atoms with Crippen molar-refractivity contribution in [1.29, 1.82) is 0 Å². The molecule has 0 radical (unpaired) electrons. The van der Waals surface area contributed by atoms with E-state index in [1.165, 1.54) is 11.8 Å². The van der Waals surface area contributed by atoms with Crippen LogP contribution in [0.3, 0.4) is 0 Å². The van der Waals surface area contributed by atoms with Crippen LogP contribution in [0.2, 0.25) is 0 Å². The lowest BCUT2D eigenvalue weighted by molar-refractivity contribution is -0.151. The van der Waals surface area contributed by atoms with Gasteiger partial charge in [-0.3, -0.25) is 9.59 Å². The number of benzene rings is 2. The van der Waals surface area contributed by atoms with Crippen molar-refractivity contribution < 1.29 is 33.3 Å². The van der Waals surface area contributed by atoms with Crippen LogP contribution in [0.5, 0.6) is 11.5 Å². The lowest BCUT2D eigenvalue weighted by Gasteiger charge is -2.38. The topological polar surface area (TPSA) is 107 Å². The van der Waals surface area contributed by atoms with Crippen molar-refractivity contribution in [1.82, 2.24) is 9.80 Å². The molecule has 2 aromatic carbocycles. The Bertz CT molecular complexity index is 1500. The third-order valence-corrected chi connectivity index (χ3v) is 8.70. The summed E-state index contributed by atoms with van der Waals surface area (Å²) in [7, 11) is 3.15. The van der Waals surface area contributed by atoms with E-state index < -0.39 is 12.0 Å². The molecule has 3 aliphatic heterocycles. The maximum atomic E-state index is 13.8. The zero-order valence-corrected chi connectivity index (χ0v) is 26.2. The highest BCUT2D eigenvalue weighted by atomic mass is 32.2. The van der Waals surface area contributed by atoms with Crippen LogP contribution in [0.15, 0.2) is 70.2 Å². The first-order valence-electron chi connectivity index (χ1n) is 14.8. The van der Waals surface area contributed by atoms with Crippen molar-refractivity contribution in [2.75, 3.05) is 40.5 Å². The number of hydrogen-bond acceptors (Lipinski definition) is 10. The van der Waals surface area contributed by atoms with E-state index in [0.29, 0.717) is 65.3 Å². The lowest BCUT2D eigenvalue weighted by Crippen LogP contribution is -2.44. The van der Waals surface area contributed by atoms with E-state index in [0.717, 1.165) is 12.0 Å². The van der Waals surface area contributed by atoms with Crippen LogP contribution in [0.1, 0.15) is 50.3 Å². The number of fused-ring (bicyclic) bond motifs is 1. The third-order valence-electron chi connectivity index (χ3n) is 7.81. The van der Waals surface area contributed by atoms with Gasteiger partial charge in [0.05, 0.1) is 57.1 Å². The predicted molar refractivity (Wildman–Crippen MR) is 168 cm³/mol. The average molecular weight is 620 g/mol. The highest BCUT2D eigenvalue weighted by Crippen LogP contribution is 2.49. The normalized spacial score (nSPS) is 19.5. The van der Waals surface area contributed by atoms with Crippen LogP contribution < -0.4 is 9.47 Å². The van der Waals surface area contributed by atoms with Crippen molar-refractivity contribution in [3.63, 3.8) is 0 Å². The van der Waals surface area contributed by atoms with Gasteiger partial charge in [0.1, 0.15) is 11.5 Å². The van der Waals surface area contributed by atoms with Crippen LogP contribution in [-0.2, 0) is 23.9 Å². The molecule has 0 N–H and O–H groups in total. The fraction of sp³-hybridized carbons (Fsp3) is 0.394. The van der Waals surface area contributed by atoms with Gasteiger partial charge in [0.2, 0.25) is 5.91 Å². The molecule has 0 spiro atoms. The summed E-state index contributed by atoms with van der Waals surface area (Å²) in [6.07, 6.45) is 1.47. The fourth-order valence-electron chi connectivity index (χ4n) is 5.76. The van der Waals surface area contributed by atoms with E-state index in [9.17, 15) is 14.4 Å². The Morgan fingerprint density at radius 2 is 1.77 bits per heavy atom. The molecule has 10 nitrogen and oxygen atoms in total. The molecule has 0 bridgehead atoms. The molecule has 2 aromatic rings. The van der Waals surface area contributed by atoms with Crippen molar-refractivity contribution in [3.8, 4) is 11.5 Å². The second-order valence-corrected chi connectivity index (χ2v) is 11.3. The highest BCUT2D eigenvalue weighted by Gasteiger charge is 2.44. The zero-order valence-electron chi connectivity index (χ0n) is 25.4. The number of piperidine rings is 1. The number of carbonyl (C=O) groups is 3. The van der Waals surface area contributed by atoms with Crippen molar-refractivity contribution in [2.45, 2.75) is 39.2 Å². The number of ether oxygens (including phenoxy) is 4. The Labute approximate surface area is 261 Å². The summed E-state index contributed by atoms with van der Waals surface area (Å²) in [5.41, 5.74) is 2.93. The number of aliphatic imine (C=N–C) groups is 1. The molecule has 3 aliphatic rings. The van der Waals surface area contributed by atoms with Gasteiger partial charge in [-0.1, -0.05) is 42.1 Å². The lowest BCUT2D eigenvalue weighted by atomic mass is 9.90. The molecule has 5 rings (SSSR count). The molecule has 3 heterocycles. The Balaban J connectivity index is 1.57. The largest absolute Gasteiger partial charge is 0.497 e. The molecule has 0 aliphatic carbocycles. The first-order valence-corrected chi connectivity index (χ1v) is 15.6. The molecular weight excluding hydrogens is 582 g/mol. The molecule has 1 fully saturated rings. The van der Waals surface area contributed by atoms with Crippen LogP contribution >= 0.6 is 11.8 Å². The fourth-order valence-corrected chi connectivity index (χ4v) is 6.68. The minimum atomic E-state index is -0.732. The summed E-state index contributed by atoms with van der Waals surface area (Å²) in [6.45, 7) is 4.91. The summed E-state index contributed by atoms with van der Waals surface area (Å²) in [4.78, 5) is 48.6. The Kier molecular flexibility index (Phi) is 9.94. The van der Waals surface area contributed by atoms with E-state index in [1.807, 2.05) is 46.7 Å². The van der Waals surface area contributed by atoms with Gasteiger partial charge in [0.15, 0.2) is 5.17 Å². The summed E-state index contributed by atoms with van der Waals surface area (Å²) in [5.74, 6) is -0.108. The van der Waals surface area contributed by atoms with Crippen LogP contribution in [-0.4, -0.2) is 73.3 Å². The van der Waals surface area contributed by atoms with Gasteiger partial charge in [0.25, 0.3) is 0 Å². The van der Waals surface area contributed by atoms with E-state index in [4.69, 9.17) is 23.9 Å². The standard InChI is InChI=1S/C33H37N3O7S/c1-5-42-31(38)22-13-10-16-35(19-22)27(37)17-23-20-44-33-34-29(21-11-8-7-9-12-21)28(32(39)43-6-2)30(36(23)33)25-18-24(40-3)14-15-26(25)41-4/h7-9,11-12,14-15,18,20,22,30H,5-6,10,13,16-17,19H2,1-4H3/t22-,30-/m0/s1. The van der Waals surface area contributed by atoms with Gasteiger partial charge in [-0.25, -0.2) is 9.79 Å². The van der Waals surface area contributed by atoms with E-state index >= 15 is 0 Å². The van der Waals surface area contributed by atoms with E-state index in [1.54, 1.807) is 45.1 Å². The minimum absolute atomic E-state index is 0.0567. The van der Waals surface area contributed by atoms with E-state index in [-0.39, 0.29) is 30.8 Å². The number of nitrogens with zero attached hydrogens (tertiary/aromatic N) is 3. The zero-order chi connectivity index (χ0) is 31.2. The molecule has 44 heavy (non-hydrogen) atoms. The Morgan fingerprint density at radius 1 is 1.00 bits per heavy atom. The third kappa shape index (κ3) is 6.33. The SMILES string of the molecule is CCOC(=O)C1=C(c2ccccc2)N=C2SC=C(CC(=O)N3CCC[C@H](C(=O)OCC)C3)N2[C@H]1c1cc(OC)ccc1OC. The first kappa shape index (κ1) is 31.2. The maximum Gasteiger partial charge on any atom is 0.338 e. The first-order chi connectivity index (χ1) is 21.4. The van der Waals surface area contributed by atoms with Crippen molar-refractivity contribution >= 4 is 40.5 Å². The number of thioether (sulfide) groups is 1. The number of amidine groups is 1. The number of rotatable bonds is 10. The summed E-state index contributed by atoms with van der Waals surface area (Å²) < 4.78 is 22.2. The molecule has 0 saturated carbocycles. The number of amides is 1.